The average molecular weight is 256 g/mol. The Morgan fingerprint density at radius 2 is 1.72 bits per heavy atom. The van der Waals surface area contributed by atoms with Gasteiger partial charge in [0.2, 0.25) is 0 Å². The quantitative estimate of drug-likeness (QED) is 0.534. The topological polar surface area (TPSA) is 32.8 Å². The highest BCUT2D eigenvalue weighted by atomic mass is 16.5. The minimum atomic E-state index is -0.0837. The first-order chi connectivity index (χ1) is 8.50. The van der Waals surface area contributed by atoms with Crippen LogP contribution >= 0.6 is 0 Å². The van der Waals surface area contributed by atoms with E-state index in [1.165, 1.54) is 0 Å². The van der Waals surface area contributed by atoms with Gasteiger partial charge in [0.25, 0.3) is 0 Å². The molecule has 0 bridgehead atoms. The molecule has 1 heterocycles. The normalized spacial score (nSPS) is 18.6. The molecule has 0 aromatic rings. The van der Waals surface area contributed by atoms with Crippen LogP contribution in [0.4, 0.5) is 0 Å². The first kappa shape index (κ1) is 15.4. The van der Waals surface area contributed by atoms with Gasteiger partial charge in [-0.25, -0.2) is 0 Å². The predicted octanol–water partition coefficient (Wildman–Crippen LogP) is 1.60. The number of piperazine rings is 1. The summed E-state index contributed by atoms with van der Waals surface area (Å²) in [5.41, 5.74) is 0. The summed E-state index contributed by atoms with van der Waals surface area (Å²) < 4.78 is 5.18. The number of nitrogens with zero attached hydrogens (tertiary/aromatic N) is 2. The van der Waals surface area contributed by atoms with Crippen molar-refractivity contribution in [2.75, 3.05) is 39.3 Å². The standard InChI is InChI=1S/C14H28N2O2/c1-12(2)14(17)18-11-5-6-15-7-9-16(10-8-15)13(3)4/h12-13H,5-11H2,1-4H3. The summed E-state index contributed by atoms with van der Waals surface area (Å²) >= 11 is 0. The zero-order valence-electron chi connectivity index (χ0n) is 12.3. The van der Waals surface area contributed by atoms with Crippen LogP contribution in [0.2, 0.25) is 0 Å². The molecule has 1 fully saturated rings. The summed E-state index contributed by atoms with van der Waals surface area (Å²) in [4.78, 5) is 16.2. The van der Waals surface area contributed by atoms with E-state index < -0.39 is 0 Å². The lowest BCUT2D eigenvalue weighted by Crippen LogP contribution is -2.49. The Kier molecular flexibility index (Phi) is 6.65. The van der Waals surface area contributed by atoms with Crippen molar-refractivity contribution in [3.05, 3.63) is 0 Å². The lowest BCUT2D eigenvalue weighted by Gasteiger charge is -2.36. The van der Waals surface area contributed by atoms with Gasteiger partial charge in [0.1, 0.15) is 0 Å². The van der Waals surface area contributed by atoms with Crippen molar-refractivity contribution >= 4 is 5.97 Å². The van der Waals surface area contributed by atoms with E-state index in [9.17, 15) is 4.79 Å². The summed E-state index contributed by atoms with van der Waals surface area (Å²) in [5.74, 6) is -0.0980. The molecule has 4 nitrogen and oxygen atoms in total. The van der Waals surface area contributed by atoms with Crippen molar-refractivity contribution in [2.24, 2.45) is 5.92 Å². The summed E-state index contributed by atoms with van der Waals surface area (Å²) in [6, 6.07) is 0.652. The fourth-order valence-corrected chi connectivity index (χ4v) is 2.13. The SMILES string of the molecule is CC(C)C(=O)OCCCN1CCN(C(C)C)CC1. The Bertz CT molecular complexity index is 246. The molecular weight excluding hydrogens is 228 g/mol. The third kappa shape index (κ3) is 5.36. The summed E-state index contributed by atoms with van der Waals surface area (Å²) in [7, 11) is 0. The van der Waals surface area contributed by atoms with E-state index in [1.54, 1.807) is 0 Å². The van der Waals surface area contributed by atoms with Gasteiger partial charge in [0, 0.05) is 38.8 Å². The van der Waals surface area contributed by atoms with Crippen molar-refractivity contribution in [3.63, 3.8) is 0 Å². The molecule has 1 saturated heterocycles. The summed E-state index contributed by atoms with van der Waals surface area (Å²) in [5, 5.41) is 0. The molecule has 0 aromatic carbocycles. The number of carbonyl (C=O) groups excluding carboxylic acids is 1. The van der Waals surface area contributed by atoms with Crippen LogP contribution in [-0.4, -0.2) is 61.1 Å². The molecule has 0 aromatic heterocycles. The molecule has 0 N–H and O–H groups in total. The predicted molar refractivity (Wildman–Crippen MR) is 73.6 cm³/mol. The second-order valence-corrected chi connectivity index (χ2v) is 5.65. The van der Waals surface area contributed by atoms with Gasteiger partial charge in [0.15, 0.2) is 0 Å². The van der Waals surface area contributed by atoms with Crippen molar-refractivity contribution in [1.29, 1.82) is 0 Å². The molecule has 0 spiro atoms. The van der Waals surface area contributed by atoms with Gasteiger partial charge in [0.05, 0.1) is 12.5 Å². The molecule has 1 rings (SSSR count). The highest BCUT2D eigenvalue weighted by molar-refractivity contribution is 5.71. The van der Waals surface area contributed by atoms with Crippen molar-refractivity contribution < 1.29 is 9.53 Å². The molecule has 1 aliphatic rings. The van der Waals surface area contributed by atoms with Crippen LogP contribution in [0.5, 0.6) is 0 Å². The van der Waals surface area contributed by atoms with Gasteiger partial charge in [-0.2, -0.15) is 0 Å². The second-order valence-electron chi connectivity index (χ2n) is 5.65. The van der Waals surface area contributed by atoms with E-state index in [4.69, 9.17) is 4.74 Å². The molecule has 0 atom stereocenters. The Morgan fingerprint density at radius 1 is 1.11 bits per heavy atom. The number of ether oxygens (including phenoxy) is 1. The molecule has 18 heavy (non-hydrogen) atoms. The molecule has 1 aliphatic heterocycles. The van der Waals surface area contributed by atoms with Crippen LogP contribution in [0, 0.1) is 5.92 Å². The van der Waals surface area contributed by atoms with Gasteiger partial charge >= 0.3 is 5.97 Å². The number of hydrogen-bond donors (Lipinski definition) is 0. The van der Waals surface area contributed by atoms with Crippen LogP contribution in [0.1, 0.15) is 34.1 Å². The van der Waals surface area contributed by atoms with Crippen molar-refractivity contribution in [1.82, 2.24) is 9.80 Å². The second kappa shape index (κ2) is 7.74. The van der Waals surface area contributed by atoms with Crippen molar-refractivity contribution in [2.45, 2.75) is 40.2 Å². The number of hydrogen-bond acceptors (Lipinski definition) is 4. The molecule has 0 unspecified atom stereocenters. The van der Waals surface area contributed by atoms with E-state index in [1.807, 2.05) is 13.8 Å². The first-order valence-corrected chi connectivity index (χ1v) is 7.13. The fraction of sp³-hybridized carbons (Fsp3) is 0.929. The lowest BCUT2D eigenvalue weighted by atomic mass is 10.2. The highest BCUT2D eigenvalue weighted by Gasteiger charge is 2.18. The summed E-state index contributed by atoms with van der Waals surface area (Å²) in [6.07, 6.45) is 0.945. The first-order valence-electron chi connectivity index (χ1n) is 7.13. The Balaban J connectivity index is 2.06. The minimum Gasteiger partial charge on any atom is -0.465 e. The van der Waals surface area contributed by atoms with Crippen LogP contribution in [0.3, 0.4) is 0 Å². The van der Waals surface area contributed by atoms with Crippen LogP contribution in [-0.2, 0) is 9.53 Å². The zero-order chi connectivity index (χ0) is 13.5. The fourth-order valence-electron chi connectivity index (χ4n) is 2.13. The highest BCUT2D eigenvalue weighted by Crippen LogP contribution is 2.06. The Hall–Kier alpha value is -0.610. The zero-order valence-corrected chi connectivity index (χ0v) is 12.3. The molecule has 0 radical (unpaired) electrons. The third-order valence-corrected chi connectivity index (χ3v) is 3.47. The lowest BCUT2D eigenvalue weighted by molar-refractivity contribution is -0.147. The van der Waals surface area contributed by atoms with Gasteiger partial charge in [-0.3, -0.25) is 9.69 Å². The average Bonchev–Trinajstić information content (AvgIpc) is 2.34. The van der Waals surface area contributed by atoms with Crippen molar-refractivity contribution in [3.8, 4) is 0 Å². The maximum absolute atomic E-state index is 11.3. The van der Waals surface area contributed by atoms with Crippen LogP contribution < -0.4 is 0 Å². The van der Waals surface area contributed by atoms with Gasteiger partial charge < -0.3 is 9.64 Å². The number of rotatable bonds is 6. The van der Waals surface area contributed by atoms with Gasteiger partial charge in [-0.15, -0.1) is 0 Å². The summed E-state index contributed by atoms with van der Waals surface area (Å²) in [6.45, 7) is 14.4. The number of esters is 1. The van der Waals surface area contributed by atoms with Crippen LogP contribution in [0.15, 0.2) is 0 Å². The Morgan fingerprint density at radius 3 is 2.22 bits per heavy atom. The largest absolute Gasteiger partial charge is 0.465 e. The minimum absolute atomic E-state index is 0.0143. The molecule has 4 heteroatoms. The maximum Gasteiger partial charge on any atom is 0.308 e. The van der Waals surface area contributed by atoms with E-state index in [-0.39, 0.29) is 11.9 Å². The van der Waals surface area contributed by atoms with Crippen LogP contribution in [0.25, 0.3) is 0 Å². The number of carbonyl (C=O) groups is 1. The maximum atomic E-state index is 11.3. The Labute approximate surface area is 111 Å². The van der Waals surface area contributed by atoms with E-state index in [2.05, 4.69) is 23.6 Å². The third-order valence-electron chi connectivity index (χ3n) is 3.47. The molecule has 0 aliphatic carbocycles. The molecule has 106 valence electrons. The van der Waals surface area contributed by atoms with Gasteiger partial charge in [-0.05, 0) is 20.3 Å². The molecular formula is C14H28N2O2. The van der Waals surface area contributed by atoms with Gasteiger partial charge in [-0.1, -0.05) is 13.8 Å². The van der Waals surface area contributed by atoms with E-state index in [0.717, 1.165) is 39.1 Å². The smallest absolute Gasteiger partial charge is 0.308 e. The van der Waals surface area contributed by atoms with E-state index >= 15 is 0 Å². The molecule has 0 amide bonds. The molecule has 0 saturated carbocycles. The van der Waals surface area contributed by atoms with E-state index in [0.29, 0.717) is 12.6 Å². The monoisotopic (exact) mass is 256 g/mol.